The van der Waals surface area contributed by atoms with E-state index in [9.17, 15) is 0 Å². The van der Waals surface area contributed by atoms with E-state index in [4.69, 9.17) is 4.42 Å². The van der Waals surface area contributed by atoms with Crippen LogP contribution in [0.5, 0.6) is 0 Å². The van der Waals surface area contributed by atoms with Crippen LogP contribution < -0.4 is 10.2 Å². The highest BCUT2D eigenvalue weighted by Crippen LogP contribution is 2.20. The van der Waals surface area contributed by atoms with Crippen LogP contribution in [0.15, 0.2) is 16.5 Å². The van der Waals surface area contributed by atoms with Gasteiger partial charge in [0.2, 0.25) is 5.95 Å². The second kappa shape index (κ2) is 4.45. The van der Waals surface area contributed by atoms with Crippen LogP contribution >= 0.6 is 0 Å². The topological polar surface area (TPSA) is 70.0 Å². The van der Waals surface area contributed by atoms with E-state index >= 15 is 0 Å². The van der Waals surface area contributed by atoms with E-state index in [1.807, 2.05) is 19.1 Å². The zero-order valence-electron chi connectivity index (χ0n) is 10.6. The van der Waals surface area contributed by atoms with E-state index < -0.39 is 0 Å². The Hall–Kier alpha value is -1.82. The fraction of sp³-hybridized carbons (Fsp3) is 0.500. The summed E-state index contributed by atoms with van der Waals surface area (Å²) < 4.78 is 5.53. The minimum absolute atomic E-state index is 0.464. The van der Waals surface area contributed by atoms with Crippen molar-refractivity contribution < 1.29 is 4.42 Å². The van der Waals surface area contributed by atoms with E-state index in [1.165, 1.54) is 0 Å². The maximum Gasteiger partial charge on any atom is 0.245 e. The lowest BCUT2D eigenvalue weighted by atomic mass is 10.2. The number of aromatic nitrogens is 3. The molecule has 2 N–H and O–H groups in total. The Morgan fingerprint density at radius 1 is 1.44 bits per heavy atom. The van der Waals surface area contributed by atoms with Gasteiger partial charge in [-0.3, -0.25) is 5.10 Å². The number of piperazine rings is 1. The Balaban J connectivity index is 1.80. The molecule has 1 fully saturated rings. The molecule has 6 heteroatoms. The molecule has 1 saturated heterocycles. The average Bonchev–Trinajstić information content (AvgIpc) is 2.97. The second-order valence-electron chi connectivity index (χ2n) is 4.70. The number of hydrogen-bond acceptors (Lipinski definition) is 5. The van der Waals surface area contributed by atoms with Gasteiger partial charge in [0.05, 0.1) is 0 Å². The maximum atomic E-state index is 5.53. The summed E-state index contributed by atoms with van der Waals surface area (Å²) in [4.78, 5) is 6.67. The first kappa shape index (κ1) is 11.3. The van der Waals surface area contributed by atoms with Gasteiger partial charge in [0, 0.05) is 25.7 Å². The minimum atomic E-state index is 0.464. The van der Waals surface area contributed by atoms with E-state index in [2.05, 4.69) is 32.3 Å². The minimum Gasteiger partial charge on any atom is -0.458 e. The Morgan fingerprint density at radius 3 is 3.06 bits per heavy atom. The first-order valence-corrected chi connectivity index (χ1v) is 6.20. The van der Waals surface area contributed by atoms with Crippen LogP contribution in [-0.2, 0) is 0 Å². The molecule has 1 atom stereocenters. The summed E-state index contributed by atoms with van der Waals surface area (Å²) in [7, 11) is 0. The van der Waals surface area contributed by atoms with Gasteiger partial charge in [-0.05, 0) is 26.0 Å². The quantitative estimate of drug-likeness (QED) is 0.833. The molecule has 0 radical (unpaired) electrons. The lowest BCUT2D eigenvalue weighted by Gasteiger charge is -2.30. The summed E-state index contributed by atoms with van der Waals surface area (Å²) in [6.45, 7) is 6.90. The van der Waals surface area contributed by atoms with Crippen LogP contribution in [0.4, 0.5) is 5.95 Å². The predicted molar refractivity (Wildman–Crippen MR) is 68.5 cm³/mol. The third-order valence-corrected chi connectivity index (χ3v) is 3.10. The Bertz CT molecular complexity index is 532. The van der Waals surface area contributed by atoms with Crippen molar-refractivity contribution in [3.8, 4) is 11.6 Å². The smallest absolute Gasteiger partial charge is 0.245 e. The summed E-state index contributed by atoms with van der Waals surface area (Å²) >= 11 is 0. The number of furan rings is 1. The molecule has 3 heterocycles. The third kappa shape index (κ3) is 2.11. The molecule has 96 valence electrons. The molecule has 0 aromatic carbocycles. The maximum absolute atomic E-state index is 5.53. The lowest BCUT2D eigenvalue weighted by molar-refractivity contribution is 0.480. The van der Waals surface area contributed by atoms with E-state index in [-0.39, 0.29) is 0 Å². The molecule has 0 aliphatic carbocycles. The zero-order valence-corrected chi connectivity index (χ0v) is 10.6. The molecule has 1 aliphatic rings. The predicted octanol–water partition coefficient (Wildman–Crippen LogP) is 1.17. The van der Waals surface area contributed by atoms with Crippen molar-refractivity contribution in [2.75, 3.05) is 24.5 Å². The fourth-order valence-electron chi connectivity index (χ4n) is 2.18. The first-order valence-electron chi connectivity index (χ1n) is 6.20. The van der Waals surface area contributed by atoms with Crippen molar-refractivity contribution >= 4 is 5.95 Å². The number of hydrogen-bond donors (Lipinski definition) is 2. The Morgan fingerprint density at radius 2 is 2.33 bits per heavy atom. The SMILES string of the molecule is Cc1ccc(-c2nc(N3CCN[C@@H](C)C3)n[nH]2)o1. The average molecular weight is 247 g/mol. The fourth-order valence-corrected chi connectivity index (χ4v) is 2.18. The van der Waals surface area contributed by atoms with Gasteiger partial charge in [0.15, 0.2) is 11.6 Å². The number of aromatic amines is 1. The molecular weight excluding hydrogens is 230 g/mol. The van der Waals surface area contributed by atoms with Gasteiger partial charge in [-0.2, -0.15) is 4.98 Å². The van der Waals surface area contributed by atoms with Gasteiger partial charge < -0.3 is 14.6 Å². The van der Waals surface area contributed by atoms with Crippen molar-refractivity contribution in [2.24, 2.45) is 0 Å². The summed E-state index contributed by atoms with van der Waals surface area (Å²) in [6.07, 6.45) is 0. The number of nitrogens with zero attached hydrogens (tertiary/aromatic N) is 3. The summed E-state index contributed by atoms with van der Waals surface area (Å²) in [5.41, 5.74) is 0. The van der Waals surface area contributed by atoms with Crippen molar-refractivity contribution in [3.05, 3.63) is 17.9 Å². The number of aryl methyl sites for hydroxylation is 1. The standard InChI is InChI=1S/C12H17N5O/c1-8-7-17(6-5-13-8)12-14-11(15-16-12)10-4-3-9(2)18-10/h3-4,8,13H,5-7H2,1-2H3,(H,14,15,16)/t8-/m0/s1. The molecule has 2 aromatic heterocycles. The summed E-state index contributed by atoms with van der Waals surface area (Å²) in [6, 6.07) is 4.29. The van der Waals surface area contributed by atoms with Gasteiger partial charge in [0.25, 0.3) is 0 Å². The molecule has 0 bridgehead atoms. The van der Waals surface area contributed by atoms with Gasteiger partial charge in [-0.1, -0.05) is 0 Å². The van der Waals surface area contributed by atoms with Crippen molar-refractivity contribution in [2.45, 2.75) is 19.9 Å². The second-order valence-corrected chi connectivity index (χ2v) is 4.70. The van der Waals surface area contributed by atoms with Gasteiger partial charge in [-0.25, -0.2) is 0 Å². The van der Waals surface area contributed by atoms with Crippen LogP contribution in [0.25, 0.3) is 11.6 Å². The Kier molecular flexibility index (Phi) is 2.79. The molecule has 0 saturated carbocycles. The van der Waals surface area contributed by atoms with Crippen LogP contribution in [0.2, 0.25) is 0 Å². The van der Waals surface area contributed by atoms with E-state index in [1.54, 1.807) is 0 Å². The monoisotopic (exact) mass is 247 g/mol. The summed E-state index contributed by atoms with van der Waals surface area (Å²) in [5.74, 6) is 3.03. The highest BCUT2D eigenvalue weighted by molar-refractivity contribution is 5.49. The van der Waals surface area contributed by atoms with Crippen LogP contribution in [0, 0.1) is 6.92 Å². The molecule has 0 unspecified atom stereocenters. The molecule has 0 spiro atoms. The highest BCUT2D eigenvalue weighted by atomic mass is 16.3. The molecule has 1 aliphatic heterocycles. The van der Waals surface area contributed by atoms with Crippen molar-refractivity contribution in [1.29, 1.82) is 0 Å². The largest absolute Gasteiger partial charge is 0.458 e. The van der Waals surface area contributed by atoms with Crippen LogP contribution in [0.3, 0.4) is 0 Å². The lowest BCUT2D eigenvalue weighted by Crippen LogP contribution is -2.49. The van der Waals surface area contributed by atoms with Gasteiger partial charge >= 0.3 is 0 Å². The van der Waals surface area contributed by atoms with Crippen molar-refractivity contribution in [1.82, 2.24) is 20.5 Å². The first-order chi connectivity index (χ1) is 8.72. The van der Waals surface area contributed by atoms with E-state index in [0.29, 0.717) is 11.9 Å². The van der Waals surface area contributed by atoms with Gasteiger partial charge in [-0.15, -0.1) is 5.10 Å². The molecule has 3 rings (SSSR count). The summed E-state index contributed by atoms with van der Waals surface area (Å²) in [5, 5.41) is 10.6. The van der Waals surface area contributed by atoms with Gasteiger partial charge in [0.1, 0.15) is 5.76 Å². The van der Waals surface area contributed by atoms with Crippen molar-refractivity contribution in [3.63, 3.8) is 0 Å². The number of rotatable bonds is 2. The Labute approximate surface area is 105 Å². The normalized spacial score (nSPS) is 20.3. The van der Waals surface area contributed by atoms with Crippen LogP contribution in [-0.4, -0.2) is 40.9 Å². The number of H-pyrrole nitrogens is 1. The highest BCUT2D eigenvalue weighted by Gasteiger charge is 2.20. The molecular formula is C12H17N5O. The molecule has 0 amide bonds. The van der Waals surface area contributed by atoms with E-state index in [0.717, 1.165) is 37.1 Å². The number of nitrogens with one attached hydrogen (secondary N) is 2. The van der Waals surface area contributed by atoms with Crippen LogP contribution in [0.1, 0.15) is 12.7 Å². The molecule has 2 aromatic rings. The number of anilines is 1. The molecule has 18 heavy (non-hydrogen) atoms. The zero-order chi connectivity index (χ0) is 12.5. The molecule has 6 nitrogen and oxygen atoms in total. The third-order valence-electron chi connectivity index (χ3n) is 3.10.